The van der Waals surface area contributed by atoms with E-state index in [-0.39, 0.29) is 21.0 Å². The zero-order chi connectivity index (χ0) is 26.1. The van der Waals surface area contributed by atoms with E-state index in [1.807, 2.05) is 30.6 Å². The van der Waals surface area contributed by atoms with E-state index in [2.05, 4.69) is 19.6 Å². The van der Waals surface area contributed by atoms with Gasteiger partial charge in [-0.1, -0.05) is 30.0 Å². The predicted molar refractivity (Wildman–Crippen MR) is 145 cm³/mol. The molecular weight excluding hydrogens is 529 g/mol. The molecule has 8 nitrogen and oxygen atoms in total. The maximum absolute atomic E-state index is 13.0. The first kappa shape index (κ1) is 26.5. The highest BCUT2D eigenvalue weighted by molar-refractivity contribution is 8.13. The van der Waals surface area contributed by atoms with Crippen LogP contribution in [0.4, 0.5) is 10.8 Å². The lowest BCUT2D eigenvalue weighted by atomic mass is 10.2. The minimum Gasteiger partial charge on any atom is -0.322 e. The molecule has 2 heterocycles. The van der Waals surface area contributed by atoms with Crippen molar-refractivity contribution in [3.05, 3.63) is 96.3 Å². The molecule has 0 fully saturated rings. The Morgan fingerprint density at radius 2 is 1.70 bits per heavy atom. The largest absolute Gasteiger partial charge is 0.322 e. The van der Waals surface area contributed by atoms with Gasteiger partial charge in [-0.2, -0.15) is 0 Å². The van der Waals surface area contributed by atoms with Gasteiger partial charge in [-0.15, -0.1) is 11.3 Å². The molecule has 2 aromatic heterocycles. The SMILES string of the molecule is O=C(CCCC[n+]1ccccc1)Sc1ccccc1C(=O)Nc1ccc(S(=O)(=O)Nc2nccs2)cc1. The minimum absolute atomic E-state index is 0.000557. The molecule has 0 atom stereocenters. The number of aryl methyl sites for hydroxylation is 1. The van der Waals surface area contributed by atoms with E-state index in [4.69, 9.17) is 0 Å². The van der Waals surface area contributed by atoms with Crippen molar-refractivity contribution in [3.63, 3.8) is 0 Å². The van der Waals surface area contributed by atoms with Crippen molar-refractivity contribution in [2.24, 2.45) is 0 Å². The molecule has 2 N–H and O–H groups in total. The fraction of sp³-hybridized carbons (Fsp3) is 0.154. The molecule has 0 saturated heterocycles. The molecule has 0 aliphatic carbocycles. The number of nitrogens with zero attached hydrogens (tertiary/aromatic N) is 2. The summed E-state index contributed by atoms with van der Waals surface area (Å²) in [7, 11) is -3.78. The molecule has 37 heavy (non-hydrogen) atoms. The predicted octanol–water partition coefficient (Wildman–Crippen LogP) is 4.97. The number of thioether (sulfide) groups is 1. The molecule has 0 radical (unpaired) electrons. The first-order chi connectivity index (χ1) is 17.9. The van der Waals surface area contributed by atoms with Crippen LogP contribution >= 0.6 is 23.1 Å². The number of benzene rings is 2. The molecule has 4 aromatic rings. The molecule has 0 aliphatic rings. The molecule has 2 aromatic carbocycles. The van der Waals surface area contributed by atoms with Crippen LogP contribution in [0.5, 0.6) is 0 Å². The van der Waals surface area contributed by atoms with Crippen LogP contribution in [-0.4, -0.2) is 24.4 Å². The van der Waals surface area contributed by atoms with Crippen LogP contribution < -0.4 is 14.6 Å². The van der Waals surface area contributed by atoms with E-state index in [9.17, 15) is 18.0 Å². The normalized spacial score (nSPS) is 11.1. The molecule has 190 valence electrons. The maximum atomic E-state index is 13.0. The molecule has 0 aliphatic heterocycles. The highest BCUT2D eigenvalue weighted by Crippen LogP contribution is 2.26. The molecular formula is C26H25N4O4S3+. The standard InChI is InChI=1S/C26H24N4O4S3/c31-24(10-4-7-18-30-16-5-1-6-17-30)36-23-9-3-2-8-22(23)25(32)28-20-11-13-21(14-12-20)37(33,34)29-26-27-15-19-35-26/h1-3,5-6,8-9,11-17,19H,4,7,10,18H2,(H-,27,28,29,32)/p+1. The van der Waals surface area contributed by atoms with Crippen LogP contribution in [0.3, 0.4) is 0 Å². The van der Waals surface area contributed by atoms with Crippen molar-refractivity contribution < 1.29 is 22.6 Å². The second-order valence-corrected chi connectivity index (χ2v) is 11.6. The van der Waals surface area contributed by atoms with Crippen LogP contribution in [0.25, 0.3) is 0 Å². The third-order valence-corrected chi connectivity index (χ3v) is 8.44. The van der Waals surface area contributed by atoms with Crippen molar-refractivity contribution in [1.82, 2.24) is 4.98 Å². The van der Waals surface area contributed by atoms with Gasteiger partial charge in [-0.25, -0.2) is 18.0 Å². The first-order valence-corrected chi connectivity index (χ1v) is 14.7. The highest BCUT2D eigenvalue weighted by atomic mass is 32.2. The summed E-state index contributed by atoms with van der Waals surface area (Å²) in [5.74, 6) is -0.382. The first-order valence-electron chi connectivity index (χ1n) is 11.5. The zero-order valence-electron chi connectivity index (χ0n) is 19.7. The maximum Gasteiger partial charge on any atom is 0.263 e. The van der Waals surface area contributed by atoms with Gasteiger partial charge in [0.05, 0.1) is 10.5 Å². The van der Waals surface area contributed by atoms with Crippen LogP contribution in [0.1, 0.15) is 29.6 Å². The Balaban J connectivity index is 1.32. The molecule has 0 bridgehead atoms. The Labute approximate surface area is 223 Å². The molecule has 11 heteroatoms. The van der Waals surface area contributed by atoms with Crippen LogP contribution in [0, 0.1) is 0 Å². The Hall–Kier alpha value is -3.54. The number of unbranched alkanes of at least 4 members (excludes halogenated alkanes) is 1. The number of pyridine rings is 1. The topological polar surface area (TPSA) is 109 Å². The number of carbonyl (C=O) groups is 2. The van der Waals surface area contributed by atoms with Gasteiger partial charge in [0.15, 0.2) is 22.6 Å². The summed E-state index contributed by atoms with van der Waals surface area (Å²) in [6.07, 6.45) is 7.56. The van der Waals surface area contributed by atoms with Gasteiger partial charge in [0.25, 0.3) is 15.9 Å². The lowest BCUT2D eigenvalue weighted by Crippen LogP contribution is -2.32. The van der Waals surface area contributed by atoms with Crippen molar-refractivity contribution in [1.29, 1.82) is 0 Å². The average molecular weight is 554 g/mol. The Bertz CT molecular complexity index is 1440. The molecule has 0 unspecified atom stereocenters. The number of thiazole rings is 1. The summed E-state index contributed by atoms with van der Waals surface area (Å²) in [6, 6.07) is 18.7. The monoisotopic (exact) mass is 553 g/mol. The van der Waals surface area contributed by atoms with Crippen molar-refractivity contribution in [2.75, 3.05) is 10.0 Å². The molecule has 1 amide bonds. The molecule has 4 rings (SSSR count). The van der Waals surface area contributed by atoms with E-state index < -0.39 is 10.0 Å². The van der Waals surface area contributed by atoms with Crippen LogP contribution in [0.2, 0.25) is 0 Å². The number of rotatable bonds is 11. The zero-order valence-corrected chi connectivity index (χ0v) is 22.2. The van der Waals surface area contributed by atoms with E-state index in [1.54, 1.807) is 29.6 Å². The lowest BCUT2D eigenvalue weighted by molar-refractivity contribution is -0.697. The molecule has 0 spiro atoms. The Morgan fingerprint density at radius 3 is 2.43 bits per heavy atom. The Morgan fingerprint density at radius 1 is 0.946 bits per heavy atom. The summed E-state index contributed by atoms with van der Waals surface area (Å²) in [5.41, 5.74) is 0.811. The quantitative estimate of drug-likeness (QED) is 0.154. The van der Waals surface area contributed by atoms with Gasteiger partial charge < -0.3 is 5.32 Å². The van der Waals surface area contributed by atoms with E-state index >= 15 is 0 Å². The minimum atomic E-state index is -3.78. The summed E-state index contributed by atoms with van der Waals surface area (Å²) in [4.78, 5) is 30.1. The van der Waals surface area contributed by atoms with Gasteiger partial charge in [0, 0.05) is 47.1 Å². The number of nitrogens with one attached hydrogen (secondary N) is 2. The van der Waals surface area contributed by atoms with Crippen molar-refractivity contribution in [2.45, 2.75) is 35.6 Å². The van der Waals surface area contributed by atoms with E-state index in [0.29, 0.717) is 22.6 Å². The van der Waals surface area contributed by atoms with Crippen LogP contribution in [-0.2, 0) is 21.4 Å². The smallest absolute Gasteiger partial charge is 0.263 e. The van der Waals surface area contributed by atoms with Gasteiger partial charge >= 0.3 is 0 Å². The second-order valence-electron chi connectivity index (χ2n) is 7.96. The molecule has 0 saturated carbocycles. The van der Waals surface area contributed by atoms with Crippen molar-refractivity contribution in [3.8, 4) is 0 Å². The number of aromatic nitrogens is 2. The number of amides is 1. The number of hydrogen-bond donors (Lipinski definition) is 2. The lowest BCUT2D eigenvalue weighted by Gasteiger charge is -2.10. The number of carbonyl (C=O) groups excluding carboxylic acids is 2. The van der Waals surface area contributed by atoms with Crippen LogP contribution in [0.15, 0.2) is 100 Å². The summed E-state index contributed by atoms with van der Waals surface area (Å²) in [6.45, 7) is 0.846. The summed E-state index contributed by atoms with van der Waals surface area (Å²) in [5, 5.41) is 4.72. The van der Waals surface area contributed by atoms with Gasteiger partial charge in [0.1, 0.15) is 6.54 Å². The van der Waals surface area contributed by atoms with Gasteiger partial charge in [0.2, 0.25) is 0 Å². The van der Waals surface area contributed by atoms with Crippen molar-refractivity contribution >= 4 is 55.0 Å². The Kier molecular flexibility index (Phi) is 9.04. The summed E-state index contributed by atoms with van der Waals surface area (Å²) < 4.78 is 29.5. The summed E-state index contributed by atoms with van der Waals surface area (Å²) >= 11 is 2.24. The second kappa shape index (κ2) is 12.6. The third-order valence-electron chi connectivity index (χ3n) is 5.26. The number of anilines is 2. The van der Waals surface area contributed by atoms with Gasteiger partial charge in [-0.05, 0) is 42.8 Å². The number of hydrogen-bond acceptors (Lipinski definition) is 7. The average Bonchev–Trinajstić information content (AvgIpc) is 3.40. The highest BCUT2D eigenvalue weighted by Gasteiger charge is 2.17. The van der Waals surface area contributed by atoms with Gasteiger partial charge in [-0.3, -0.25) is 14.3 Å². The fourth-order valence-electron chi connectivity index (χ4n) is 3.43. The van der Waals surface area contributed by atoms with E-state index in [1.165, 1.54) is 41.8 Å². The van der Waals surface area contributed by atoms with E-state index in [0.717, 1.165) is 31.1 Å². The third kappa shape index (κ3) is 7.72. The fourth-order valence-corrected chi connectivity index (χ4v) is 6.13. The number of sulfonamides is 1.